The van der Waals surface area contributed by atoms with Gasteiger partial charge < -0.3 is 10.3 Å². The summed E-state index contributed by atoms with van der Waals surface area (Å²) in [5.74, 6) is 1.37. The zero-order chi connectivity index (χ0) is 14.7. The van der Waals surface area contributed by atoms with Gasteiger partial charge in [0.15, 0.2) is 0 Å². The number of benzene rings is 1. The molecule has 0 aliphatic carbocycles. The molecule has 0 aliphatic heterocycles. The van der Waals surface area contributed by atoms with Crippen molar-refractivity contribution in [3.05, 3.63) is 30.1 Å². The number of imidazole rings is 1. The number of hydrogen-bond acceptors (Lipinski definition) is 2. The van der Waals surface area contributed by atoms with Crippen molar-refractivity contribution >= 4 is 16.9 Å². The maximum absolute atomic E-state index is 12.0. The van der Waals surface area contributed by atoms with E-state index in [0.29, 0.717) is 5.92 Å². The summed E-state index contributed by atoms with van der Waals surface area (Å²) in [6.07, 6.45) is 0.873. The molecule has 2 N–H and O–H groups in total. The Morgan fingerprint density at radius 3 is 2.55 bits per heavy atom. The van der Waals surface area contributed by atoms with Crippen molar-refractivity contribution in [2.24, 2.45) is 11.8 Å². The van der Waals surface area contributed by atoms with Gasteiger partial charge in [0.25, 0.3) is 0 Å². The molecule has 2 rings (SSSR count). The van der Waals surface area contributed by atoms with Crippen molar-refractivity contribution in [1.82, 2.24) is 15.3 Å². The van der Waals surface area contributed by atoms with Crippen molar-refractivity contribution in [3.63, 3.8) is 0 Å². The van der Waals surface area contributed by atoms with E-state index in [-0.39, 0.29) is 17.9 Å². The van der Waals surface area contributed by atoms with Gasteiger partial charge in [-0.3, -0.25) is 4.79 Å². The van der Waals surface area contributed by atoms with E-state index in [1.165, 1.54) is 0 Å². The van der Waals surface area contributed by atoms with Crippen LogP contribution in [0.5, 0.6) is 0 Å². The van der Waals surface area contributed by atoms with Crippen LogP contribution < -0.4 is 5.32 Å². The van der Waals surface area contributed by atoms with Gasteiger partial charge in [0, 0.05) is 5.92 Å². The average molecular weight is 273 g/mol. The van der Waals surface area contributed by atoms with Crippen molar-refractivity contribution in [2.45, 2.75) is 40.2 Å². The fraction of sp³-hybridized carbons (Fsp3) is 0.500. The third-order valence-corrected chi connectivity index (χ3v) is 3.29. The third kappa shape index (κ3) is 3.38. The van der Waals surface area contributed by atoms with Crippen molar-refractivity contribution in [3.8, 4) is 0 Å². The third-order valence-electron chi connectivity index (χ3n) is 3.29. The number of nitrogens with one attached hydrogen (secondary N) is 2. The predicted molar refractivity (Wildman–Crippen MR) is 81.3 cm³/mol. The predicted octanol–water partition coefficient (Wildman–Crippen LogP) is 3.42. The molecule has 0 saturated carbocycles. The lowest BCUT2D eigenvalue weighted by atomic mass is 10.0. The first-order chi connectivity index (χ1) is 9.47. The Labute approximate surface area is 120 Å². The molecule has 0 saturated heterocycles. The molecule has 0 spiro atoms. The summed E-state index contributed by atoms with van der Waals surface area (Å²) in [6, 6.07) is 7.87. The maximum Gasteiger partial charge on any atom is 0.223 e. The molecule has 4 nitrogen and oxygen atoms in total. The molecule has 0 aliphatic rings. The molecule has 0 fully saturated rings. The first-order valence-corrected chi connectivity index (χ1v) is 7.22. The Balaban J connectivity index is 2.27. The smallest absolute Gasteiger partial charge is 0.223 e. The van der Waals surface area contributed by atoms with Crippen LogP contribution >= 0.6 is 0 Å². The van der Waals surface area contributed by atoms with Gasteiger partial charge in [0.2, 0.25) is 5.91 Å². The molecular formula is C16H23N3O. The van der Waals surface area contributed by atoms with Gasteiger partial charge in [-0.1, -0.05) is 39.8 Å². The number of carbonyl (C=O) groups is 1. The summed E-state index contributed by atoms with van der Waals surface area (Å²) < 4.78 is 0. The lowest BCUT2D eigenvalue weighted by molar-refractivity contribution is -0.124. The molecule has 0 radical (unpaired) electrons. The minimum Gasteiger partial charge on any atom is -0.346 e. The normalized spacial score (nSPS) is 13.1. The van der Waals surface area contributed by atoms with E-state index < -0.39 is 0 Å². The fourth-order valence-electron chi connectivity index (χ4n) is 2.19. The Bertz CT molecular complexity index is 553. The number of carbonyl (C=O) groups excluding carboxylic acids is 1. The van der Waals surface area contributed by atoms with Gasteiger partial charge in [-0.2, -0.15) is 0 Å². The van der Waals surface area contributed by atoms with E-state index in [1.807, 2.05) is 38.1 Å². The van der Waals surface area contributed by atoms with Crippen LogP contribution in [0.25, 0.3) is 11.0 Å². The van der Waals surface area contributed by atoms with Crippen molar-refractivity contribution in [2.75, 3.05) is 0 Å². The molecule has 0 unspecified atom stereocenters. The number of nitrogens with zero attached hydrogens (tertiary/aromatic N) is 1. The maximum atomic E-state index is 12.0. The number of aromatic amines is 1. The Hall–Kier alpha value is -1.84. The van der Waals surface area contributed by atoms with Crippen LogP contribution in [0.1, 0.15) is 46.0 Å². The molecule has 1 aromatic heterocycles. The molecule has 1 aromatic carbocycles. The minimum absolute atomic E-state index is 0.0194. The number of rotatable bonds is 5. The topological polar surface area (TPSA) is 57.8 Å². The zero-order valence-corrected chi connectivity index (χ0v) is 12.6. The Morgan fingerprint density at radius 1 is 1.25 bits per heavy atom. The number of H-pyrrole nitrogens is 1. The van der Waals surface area contributed by atoms with Gasteiger partial charge in [0.05, 0.1) is 17.1 Å². The van der Waals surface area contributed by atoms with Crippen LogP contribution in [0.2, 0.25) is 0 Å². The standard InChI is InChI=1S/C16H23N3O/c1-10(2)9-14(19-16(20)11(3)4)15-17-12-7-5-6-8-13(12)18-15/h5-8,10-11,14H,9H2,1-4H3,(H,17,18)(H,19,20)/t14-/m1/s1. The van der Waals surface area contributed by atoms with Crippen LogP contribution in [0.15, 0.2) is 24.3 Å². The van der Waals surface area contributed by atoms with Gasteiger partial charge in [-0.15, -0.1) is 0 Å². The van der Waals surface area contributed by atoms with Crippen LogP contribution in [-0.2, 0) is 4.79 Å². The zero-order valence-electron chi connectivity index (χ0n) is 12.6. The summed E-state index contributed by atoms with van der Waals surface area (Å²) in [6.45, 7) is 8.11. The Kier molecular flexibility index (Phi) is 4.42. The SMILES string of the molecule is CC(C)C[C@@H](NC(=O)C(C)C)c1nc2ccccc2[nH]1. The van der Waals surface area contributed by atoms with Gasteiger partial charge >= 0.3 is 0 Å². The summed E-state index contributed by atoms with van der Waals surface area (Å²) in [4.78, 5) is 19.9. The highest BCUT2D eigenvalue weighted by Crippen LogP contribution is 2.22. The molecule has 1 amide bonds. The Morgan fingerprint density at radius 2 is 1.95 bits per heavy atom. The minimum atomic E-state index is -0.0581. The number of amides is 1. The number of para-hydroxylation sites is 2. The van der Waals surface area contributed by atoms with Crippen LogP contribution in [0.3, 0.4) is 0 Å². The first-order valence-electron chi connectivity index (χ1n) is 7.22. The average Bonchev–Trinajstić information content (AvgIpc) is 2.80. The van der Waals surface area contributed by atoms with E-state index >= 15 is 0 Å². The molecule has 4 heteroatoms. The second-order valence-electron chi connectivity index (χ2n) is 5.98. The summed E-state index contributed by atoms with van der Waals surface area (Å²) in [5.41, 5.74) is 1.95. The van der Waals surface area contributed by atoms with Crippen LogP contribution in [0, 0.1) is 11.8 Å². The largest absolute Gasteiger partial charge is 0.346 e. The van der Waals surface area contributed by atoms with E-state index in [4.69, 9.17) is 0 Å². The van der Waals surface area contributed by atoms with Crippen LogP contribution in [-0.4, -0.2) is 15.9 Å². The van der Waals surface area contributed by atoms with Gasteiger partial charge in [-0.05, 0) is 24.5 Å². The van der Waals surface area contributed by atoms with Gasteiger partial charge in [-0.25, -0.2) is 4.98 Å². The fourth-order valence-corrected chi connectivity index (χ4v) is 2.19. The summed E-state index contributed by atoms with van der Waals surface area (Å²) in [7, 11) is 0. The molecule has 20 heavy (non-hydrogen) atoms. The number of aromatic nitrogens is 2. The van der Waals surface area contributed by atoms with E-state index in [2.05, 4.69) is 29.1 Å². The molecule has 108 valence electrons. The highest BCUT2D eigenvalue weighted by atomic mass is 16.1. The molecule has 0 bridgehead atoms. The second-order valence-corrected chi connectivity index (χ2v) is 5.98. The molecule has 2 aromatic rings. The second kappa shape index (κ2) is 6.07. The summed E-state index contributed by atoms with van der Waals surface area (Å²) >= 11 is 0. The monoisotopic (exact) mass is 273 g/mol. The van der Waals surface area contributed by atoms with Crippen LogP contribution in [0.4, 0.5) is 0 Å². The molecular weight excluding hydrogens is 250 g/mol. The van der Waals surface area contributed by atoms with E-state index in [9.17, 15) is 4.79 Å². The number of fused-ring (bicyclic) bond motifs is 1. The van der Waals surface area contributed by atoms with Gasteiger partial charge in [0.1, 0.15) is 5.82 Å². The van der Waals surface area contributed by atoms with Crippen molar-refractivity contribution < 1.29 is 4.79 Å². The van der Waals surface area contributed by atoms with Crippen molar-refractivity contribution in [1.29, 1.82) is 0 Å². The number of hydrogen-bond donors (Lipinski definition) is 2. The first kappa shape index (κ1) is 14.6. The highest BCUT2D eigenvalue weighted by Gasteiger charge is 2.20. The lowest BCUT2D eigenvalue weighted by Crippen LogP contribution is -2.33. The lowest BCUT2D eigenvalue weighted by Gasteiger charge is -2.19. The highest BCUT2D eigenvalue weighted by molar-refractivity contribution is 5.79. The van der Waals surface area contributed by atoms with E-state index in [1.54, 1.807) is 0 Å². The quantitative estimate of drug-likeness (QED) is 0.877. The van der Waals surface area contributed by atoms with E-state index in [0.717, 1.165) is 23.3 Å². The summed E-state index contributed by atoms with van der Waals surface area (Å²) in [5, 5.41) is 3.09. The molecule has 1 atom stereocenters. The molecule has 1 heterocycles.